The molecule has 1 N–H and O–H groups in total. The molecule has 4 aromatic rings. The standard InChI is InChI=1S/C21H17N5O4S/c1-11-19-14(13-5-3-4-6-16(13)26(28)29)10-18(27)23-20(19)25(24-11)21-22-15-8-7-12(30-2)9-17(15)31-21/h3-9,14H,10H2,1-2H3,(H,23,27)/t14-/m1/s1. The molecule has 0 saturated carbocycles. The molecule has 0 radical (unpaired) electrons. The van der Waals surface area contributed by atoms with Crippen LogP contribution in [0.3, 0.4) is 0 Å². The van der Waals surface area contributed by atoms with Gasteiger partial charge in [-0.25, -0.2) is 4.98 Å². The summed E-state index contributed by atoms with van der Waals surface area (Å²) >= 11 is 1.42. The van der Waals surface area contributed by atoms with Gasteiger partial charge in [-0.1, -0.05) is 29.5 Å². The summed E-state index contributed by atoms with van der Waals surface area (Å²) in [5.74, 6) is 0.544. The third-order valence-electron chi connectivity index (χ3n) is 5.38. The van der Waals surface area contributed by atoms with Crippen molar-refractivity contribution < 1.29 is 14.5 Å². The lowest BCUT2D eigenvalue weighted by Gasteiger charge is -2.23. The van der Waals surface area contributed by atoms with Gasteiger partial charge in [0.2, 0.25) is 11.0 Å². The lowest BCUT2D eigenvalue weighted by atomic mass is 9.85. The van der Waals surface area contributed by atoms with Crippen LogP contribution in [0.4, 0.5) is 11.5 Å². The molecule has 1 aliphatic heterocycles. The molecular weight excluding hydrogens is 418 g/mol. The van der Waals surface area contributed by atoms with Gasteiger partial charge in [0, 0.05) is 29.5 Å². The lowest BCUT2D eigenvalue weighted by Crippen LogP contribution is -2.25. The number of anilines is 1. The number of hydrogen-bond donors (Lipinski definition) is 1. The molecule has 0 spiro atoms. The number of aromatic nitrogens is 3. The summed E-state index contributed by atoms with van der Waals surface area (Å²) in [5, 5.41) is 19.7. The summed E-state index contributed by atoms with van der Waals surface area (Å²) in [6.07, 6.45) is 0.113. The van der Waals surface area contributed by atoms with E-state index in [-0.39, 0.29) is 18.0 Å². The maximum atomic E-state index is 12.6. The van der Waals surface area contributed by atoms with Crippen molar-refractivity contribution in [3.05, 3.63) is 69.4 Å². The fourth-order valence-electron chi connectivity index (χ4n) is 4.01. The first-order valence-electron chi connectivity index (χ1n) is 9.54. The number of hydrogen-bond acceptors (Lipinski definition) is 7. The molecule has 2 aromatic heterocycles. The molecule has 31 heavy (non-hydrogen) atoms. The summed E-state index contributed by atoms with van der Waals surface area (Å²) in [4.78, 5) is 28.4. The number of para-hydroxylation sites is 1. The number of carbonyl (C=O) groups excluding carboxylic acids is 1. The maximum Gasteiger partial charge on any atom is 0.273 e. The van der Waals surface area contributed by atoms with Crippen LogP contribution in [0.2, 0.25) is 0 Å². The highest BCUT2D eigenvalue weighted by molar-refractivity contribution is 7.20. The van der Waals surface area contributed by atoms with Crippen molar-refractivity contribution >= 4 is 39.0 Å². The summed E-state index contributed by atoms with van der Waals surface area (Å²) in [5.41, 5.74) is 2.74. The van der Waals surface area contributed by atoms with Gasteiger partial charge in [0.25, 0.3) is 5.69 Å². The number of methoxy groups -OCH3 is 1. The van der Waals surface area contributed by atoms with Crippen molar-refractivity contribution in [2.45, 2.75) is 19.3 Å². The van der Waals surface area contributed by atoms with Gasteiger partial charge in [-0.05, 0) is 25.1 Å². The SMILES string of the molecule is COc1ccc2nc(-n3nc(C)c4c3NC(=O)C[C@@H]4c3ccccc3[N+](=O)[O-])sc2c1. The van der Waals surface area contributed by atoms with Crippen LogP contribution >= 0.6 is 11.3 Å². The van der Waals surface area contributed by atoms with E-state index in [1.54, 1.807) is 30.0 Å². The van der Waals surface area contributed by atoms with E-state index in [0.717, 1.165) is 21.5 Å². The largest absolute Gasteiger partial charge is 0.497 e. The topological polar surface area (TPSA) is 112 Å². The van der Waals surface area contributed by atoms with E-state index in [2.05, 4.69) is 15.4 Å². The highest BCUT2D eigenvalue weighted by Crippen LogP contribution is 2.43. The molecule has 2 aromatic carbocycles. The fraction of sp³-hybridized carbons (Fsp3) is 0.190. The number of aryl methyl sites for hydroxylation is 1. The first kappa shape index (κ1) is 19.2. The lowest BCUT2D eigenvalue weighted by molar-refractivity contribution is -0.385. The van der Waals surface area contributed by atoms with Gasteiger partial charge in [0.1, 0.15) is 11.6 Å². The van der Waals surface area contributed by atoms with Gasteiger partial charge >= 0.3 is 0 Å². The number of nitro groups is 1. The number of carbonyl (C=O) groups is 1. The van der Waals surface area contributed by atoms with Crippen molar-refractivity contribution in [2.24, 2.45) is 0 Å². The Morgan fingerprint density at radius 1 is 1.29 bits per heavy atom. The molecule has 0 unspecified atom stereocenters. The van der Waals surface area contributed by atoms with Crippen LogP contribution in [0.25, 0.3) is 15.3 Å². The van der Waals surface area contributed by atoms with Crippen molar-refractivity contribution in [3.8, 4) is 10.9 Å². The van der Waals surface area contributed by atoms with E-state index < -0.39 is 10.8 Å². The highest BCUT2D eigenvalue weighted by atomic mass is 32.1. The average molecular weight is 435 g/mol. The molecule has 10 heteroatoms. The number of nitro benzene ring substituents is 1. The Labute approximate surface area is 180 Å². The predicted molar refractivity (Wildman–Crippen MR) is 116 cm³/mol. The van der Waals surface area contributed by atoms with Gasteiger partial charge in [-0.3, -0.25) is 14.9 Å². The average Bonchev–Trinajstić information content (AvgIpc) is 3.33. The van der Waals surface area contributed by atoms with Crippen molar-refractivity contribution in [1.82, 2.24) is 14.8 Å². The quantitative estimate of drug-likeness (QED) is 0.380. The van der Waals surface area contributed by atoms with E-state index in [1.165, 1.54) is 17.4 Å². The minimum atomic E-state index is -0.464. The fourth-order valence-corrected chi connectivity index (χ4v) is 4.96. The van der Waals surface area contributed by atoms with Crippen LogP contribution in [0.1, 0.15) is 29.2 Å². The number of benzene rings is 2. The Bertz CT molecular complexity index is 1360. The highest BCUT2D eigenvalue weighted by Gasteiger charge is 2.36. The number of nitrogens with one attached hydrogen (secondary N) is 1. The zero-order chi connectivity index (χ0) is 21.7. The normalized spacial score (nSPS) is 15.5. The second kappa shape index (κ2) is 7.17. The summed E-state index contributed by atoms with van der Waals surface area (Å²) in [7, 11) is 1.61. The summed E-state index contributed by atoms with van der Waals surface area (Å²) < 4.78 is 7.82. The number of rotatable bonds is 4. The third kappa shape index (κ3) is 3.12. The molecule has 1 aliphatic rings. The molecule has 5 rings (SSSR count). The van der Waals surface area contributed by atoms with Crippen LogP contribution in [0.15, 0.2) is 42.5 Å². The van der Waals surface area contributed by atoms with Gasteiger partial charge < -0.3 is 10.1 Å². The zero-order valence-electron chi connectivity index (χ0n) is 16.7. The van der Waals surface area contributed by atoms with Crippen LogP contribution in [0, 0.1) is 17.0 Å². The first-order chi connectivity index (χ1) is 15.0. The number of amides is 1. The molecule has 1 amide bonds. The number of fused-ring (bicyclic) bond motifs is 2. The van der Waals surface area contributed by atoms with Gasteiger partial charge in [0.15, 0.2) is 0 Å². The molecule has 3 heterocycles. The molecule has 0 fully saturated rings. The molecule has 156 valence electrons. The van der Waals surface area contributed by atoms with Gasteiger partial charge in [-0.15, -0.1) is 0 Å². The van der Waals surface area contributed by atoms with Crippen LogP contribution in [0.5, 0.6) is 5.75 Å². The van der Waals surface area contributed by atoms with Crippen molar-refractivity contribution in [1.29, 1.82) is 0 Å². The smallest absolute Gasteiger partial charge is 0.273 e. The number of thiazole rings is 1. The predicted octanol–water partition coefficient (Wildman–Crippen LogP) is 4.18. The second-order valence-corrected chi connectivity index (χ2v) is 8.22. The minimum absolute atomic E-state index is 0.00705. The Morgan fingerprint density at radius 2 is 2.10 bits per heavy atom. The second-order valence-electron chi connectivity index (χ2n) is 7.21. The van der Waals surface area contributed by atoms with E-state index in [9.17, 15) is 14.9 Å². The zero-order valence-corrected chi connectivity index (χ0v) is 17.5. The van der Waals surface area contributed by atoms with Crippen molar-refractivity contribution in [3.63, 3.8) is 0 Å². The monoisotopic (exact) mass is 435 g/mol. The maximum absolute atomic E-state index is 12.6. The summed E-state index contributed by atoms with van der Waals surface area (Å²) in [6, 6.07) is 12.1. The van der Waals surface area contributed by atoms with E-state index in [0.29, 0.717) is 22.2 Å². The Balaban J connectivity index is 1.67. The number of ether oxygens (including phenoxy) is 1. The first-order valence-corrected chi connectivity index (χ1v) is 10.4. The molecular formula is C21H17N5O4S. The Hall–Kier alpha value is -3.79. The van der Waals surface area contributed by atoms with Crippen molar-refractivity contribution in [2.75, 3.05) is 12.4 Å². The Morgan fingerprint density at radius 3 is 2.87 bits per heavy atom. The Kier molecular flexibility index (Phi) is 4.44. The third-order valence-corrected chi connectivity index (χ3v) is 6.37. The van der Waals surface area contributed by atoms with E-state index >= 15 is 0 Å². The minimum Gasteiger partial charge on any atom is -0.497 e. The summed E-state index contributed by atoms with van der Waals surface area (Å²) in [6.45, 7) is 1.84. The molecule has 0 saturated heterocycles. The van der Waals surface area contributed by atoms with Crippen LogP contribution < -0.4 is 10.1 Å². The van der Waals surface area contributed by atoms with E-state index in [1.807, 2.05) is 25.1 Å². The van der Waals surface area contributed by atoms with Gasteiger partial charge in [-0.2, -0.15) is 9.78 Å². The molecule has 9 nitrogen and oxygen atoms in total. The molecule has 0 aliphatic carbocycles. The van der Waals surface area contributed by atoms with Crippen LogP contribution in [-0.2, 0) is 4.79 Å². The number of nitrogens with zero attached hydrogens (tertiary/aromatic N) is 4. The van der Waals surface area contributed by atoms with Crippen LogP contribution in [-0.4, -0.2) is 32.7 Å². The van der Waals surface area contributed by atoms with E-state index in [4.69, 9.17) is 4.74 Å². The molecule has 0 bridgehead atoms. The van der Waals surface area contributed by atoms with Gasteiger partial charge in [0.05, 0.1) is 27.9 Å². The molecule has 1 atom stereocenters.